The fourth-order valence-corrected chi connectivity index (χ4v) is 3.00. The zero-order valence-corrected chi connectivity index (χ0v) is 13.7. The van der Waals surface area contributed by atoms with Crippen LogP contribution in [0.4, 0.5) is 11.6 Å². The number of nitrogens with zero attached hydrogens (tertiary/aromatic N) is 3. The SMILES string of the molecule is Cc1ccc(N=C2S/C(=C/c3ccc([N+](=O)[O-])o3)C(=O)N2C)cc1. The van der Waals surface area contributed by atoms with E-state index in [9.17, 15) is 14.9 Å². The van der Waals surface area contributed by atoms with Gasteiger partial charge in [0.15, 0.2) is 5.17 Å². The lowest BCUT2D eigenvalue weighted by Gasteiger charge is -2.07. The van der Waals surface area contributed by atoms with Crippen molar-refractivity contribution in [2.75, 3.05) is 7.05 Å². The molecule has 1 fully saturated rings. The molecule has 1 aromatic heterocycles. The highest BCUT2D eigenvalue weighted by molar-refractivity contribution is 8.18. The van der Waals surface area contributed by atoms with Crippen LogP contribution in [0.15, 0.2) is 50.7 Å². The Morgan fingerprint density at radius 3 is 2.58 bits per heavy atom. The third kappa shape index (κ3) is 3.23. The maximum atomic E-state index is 12.3. The summed E-state index contributed by atoms with van der Waals surface area (Å²) in [5, 5.41) is 11.2. The molecule has 0 bridgehead atoms. The molecule has 7 nitrogen and oxygen atoms in total. The van der Waals surface area contributed by atoms with Crippen LogP contribution in [0.3, 0.4) is 0 Å². The van der Waals surface area contributed by atoms with E-state index >= 15 is 0 Å². The lowest BCUT2D eigenvalue weighted by atomic mass is 10.2. The van der Waals surface area contributed by atoms with E-state index in [0.717, 1.165) is 11.3 Å². The number of likely N-dealkylation sites (N-methyl/N-ethyl adjacent to an activating group) is 1. The largest absolute Gasteiger partial charge is 0.433 e. The minimum atomic E-state index is -0.623. The Bertz CT molecular complexity index is 868. The molecule has 0 unspecified atom stereocenters. The van der Waals surface area contributed by atoms with E-state index in [1.165, 1.54) is 34.9 Å². The van der Waals surface area contributed by atoms with Crippen LogP contribution in [0.1, 0.15) is 11.3 Å². The first-order valence-electron chi connectivity index (χ1n) is 7.01. The molecule has 2 aromatic rings. The number of aryl methyl sites for hydroxylation is 1. The number of amidine groups is 1. The number of thioether (sulfide) groups is 1. The second kappa shape index (κ2) is 6.32. The summed E-state index contributed by atoms with van der Waals surface area (Å²) in [5.74, 6) is -0.341. The summed E-state index contributed by atoms with van der Waals surface area (Å²) in [6.45, 7) is 1.99. The molecular formula is C16H13N3O4S. The van der Waals surface area contributed by atoms with Gasteiger partial charge in [-0.2, -0.15) is 0 Å². The number of rotatable bonds is 3. The highest BCUT2D eigenvalue weighted by atomic mass is 32.2. The van der Waals surface area contributed by atoms with Crippen LogP contribution in [0, 0.1) is 17.0 Å². The lowest BCUT2D eigenvalue weighted by molar-refractivity contribution is -0.402. The van der Waals surface area contributed by atoms with Crippen LogP contribution < -0.4 is 0 Å². The fraction of sp³-hybridized carbons (Fsp3) is 0.125. The van der Waals surface area contributed by atoms with Crippen LogP contribution in [-0.4, -0.2) is 27.9 Å². The minimum absolute atomic E-state index is 0.232. The van der Waals surface area contributed by atoms with Gasteiger partial charge in [0.1, 0.15) is 10.7 Å². The van der Waals surface area contributed by atoms with Gasteiger partial charge >= 0.3 is 5.88 Å². The summed E-state index contributed by atoms with van der Waals surface area (Å²) in [4.78, 5) is 28.6. The van der Waals surface area contributed by atoms with Crippen molar-refractivity contribution in [1.29, 1.82) is 0 Å². The van der Waals surface area contributed by atoms with Gasteiger partial charge in [0.2, 0.25) is 0 Å². The highest BCUT2D eigenvalue weighted by Gasteiger charge is 2.30. The third-order valence-electron chi connectivity index (χ3n) is 3.33. The van der Waals surface area contributed by atoms with Crippen molar-refractivity contribution in [3.8, 4) is 0 Å². The van der Waals surface area contributed by atoms with Crippen molar-refractivity contribution in [3.05, 3.63) is 62.7 Å². The van der Waals surface area contributed by atoms with Gasteiger partial charge in [0, 0.05) is 13.1 Å². The molecule has 8 heteroatoms. The monoisotopic (exact) mass is 343 g/mol. The smallest absolute Gasteiger partial charge is 0.401 e. The molecule has 1 saturated heterocycles. The van der Waals surface area contributed by atoms with Gasteiger partial charge in [0.05, 0.1) is 16.7 Å². The predicted molar refractivity (Wildman–Crippen MR) is 92.0 cm³/mol. The molecule has 1 aliphatic heterocycles. The molecule has 122 valence electrons. The van der Waals surface area contributed by atoms with Gasteiger partial charge in [-0.3, -0.25) is 19.8 Å². The van der Waals surface area contributed by atoms with E-state index in [-0.39, 0.29) is 17.6 Å². The molecule has 1 aliphatic rings. The Balaban J connectivity index is 1.86. The van der Waals surface area contributed by atoms with Crippen molar-refractivity contribution in [3.63, 3.8) is 0 Å². The first-order valence-corrected chi connectivity index (χ1v) is 7.83. The van der Waals surface area contributed by atoms with Crippen LogP contribution in [0.5, 0.6) is 0 Å². The standard InChI is InChI=1S/C16H13N3O4S/c1-10-3-5-11(6-4-10)17-16-18(2)15(20)13(24-16)9-12-7-8-14(23-12)19(21)22/h3-9H,1-2H3/b13-9+,17-16?. The molecule has 1 amide bonds. The summed E-state index contributed by atoms with van der Waals surface area (Å²) in [6.07, 6.45) is 1.48. The second-order valence-electron chi connectivity index (χ2n) is 5.14. The van der Waals surface area contributed by atoms with Crippen molar-refractivity contribution < 1.29 is 14.1 Å². The minimum Gasteiger partial charge on any atom is -0.401 e. The quantitative estimate of drug-likeness (QED) is 0.481. The molecule has 0 spiro atoms. The molecule has 0 N–H and O–H groups in total. The van der Waals surface area contributed by atoms with Crippen molar-refractivity contribution in [1.82, 2.24) is 4.90 Å². The Hall–Kier alpha value is -2.87. The number of hydrogen-bond acceptors (Lipinski definition) is 6. The van der Waals surface area contributed by atoms with Crippen molar-refractivity contribution in [2.45, 2.75) is 6.92 Å². The Morgan fingerprint density at radius 1 is 1.25 bits per heavy atom. The van der Waals surface area contributed by atoms with E-state index < -0.39 is 4.92 Å². The molecule has 2 heterocycles. The van der Waals surface area contributed by atoms with E-state index in [0.29, 0.717) is 10.1 Å². The first kappa shape index (κ1) is 16.0. The zero-order chi connectivity index (χ0) is 17.3. The van der Waals surface area contributed by atoms with Crippen LogP contribution in [0.25, 0.3) is 6.08 Å². The van der Waals surface area contributed by atoms with E-state index in [1.807, 2.05) is 31.2 Å². The summed E-state index contributed by atoms with van der Waals surface area (Å²) in [7, 11) is 1.63. The van der Waals surface area contributed by atoms with E-state index in [4.69, 9.17) is 4.42 Å². The summed E-state index contributed by atoms with van der Waals surface area (Å²) in [5.41, 5.74) is 1.88. The number of carbonyl (C=O) groups is 1. The molecule has 0 aliphatic carbocycles. The van der Waals surface area contributed by atoms with Gasteiger partial charge in [-0.25, -0.2) is 4.99 Å². The van der Waals surface area contributed by atoms with Gasteiger partial charge in [-0.15, -0.1) is 0 Å². The molecule has 0 saturated carbocycles. The molecule has 0 radical (unpaired) electrons. The Kier molecular flexibility index (Phi) is 4.22. The average molecular weight is 343 g/mol. The maximum Gasteiger partial charge on any atom is 0.433 e. The number of benzene rings is 1. The summed E-state index contributed by atoms with van der Waals surface area (Å²) < 4.78 is 5.06. The lowest BCUT2D eigenvalue weighted by Crippen LogP contribution is -2.23. The van der Waals surface area contributed by atoms with Gasteiger partial charge in [-0.1, -0.05) is 17.7 Å². The van der Waals surface area contributed by atoms with E-state index in [1.54, 1.807) is 7.05 Å². The van der Waals surface area contributed by atoms with Crippen LogP contribution in [0.2, 0.25) is 0 Å². The predicted octanol–water partition coefficient (Wildman–Crippen LogP) is 3.73. The van der Waals surface area contributed by atoms with E-state index in [2.05, 4.69) is 4.99 Å². The Labute approximate surface area is 141 Å². The number of amides is 1. The summed E-state index contributed by atoms with van der Waals surface area (Å²) in [6, 6.07) is 10.3. The van der Waals surface area contributed by atoms with Gasteiger partial charge in [0.25, 0.3) is 5.91 Å². The number of hydrogen-bond donors (Lipinski definition) is 0. The third-order valence-corrected chi connectivity index (χ3v) is 4.39. The maximum absolute atomic E-state index is 12.3. The van der Waals surface area contributed by atoms with Crippen molar-refractivity contribution in [2.24, 2.45) is 4.99 Å². The van der Waals surface area contributed by atoms with Crippen molar-refractivity contribution >= 4 is 40.5 Å². The van der Waals surface area contributed by atoms with Gasteiger partial charge in [-0.05, 0) is 36.9 Å². The number of aliphatic imine (C=N–C) groups is 1. The normalized spacial score (nSPS) is 17.9. The number of carbonyl (C=O) groups excluding carboxylic acids is 1. The first-order chi connectivity index (χ1) is 11.4. The zero-order valence-electron chi connectivity index (χ0n) is 12.9. The second-order valence-corrected chi connectivity index (χ2v) is 6.15. The molecule has 1 aromatic carbocycles. The number of nitro groups is 1. The molecule has 0 atom stereocenters. The fourth-order valence-electron chi connectivity index (χ4n) is 2.03. The topological polar surface area (TPSA) is 89.0 Å². The van der Waals surface area contributed by atoms with Crippen LogP contribution in [-0.2, 0) is 4.79 Å². The Morgan fingerprint density at radius 2 is 1.96 bits per heavy atom. The molecular weight excluding hydrogens is 330 g/mol. The average Bonchev–Trinajstić information content (AvgIpc) is 3.11. The van der Waals surface area contributed by atoms with Gasteiger partial charge < -0.3 is 4.42 Å². The summed E-state index contributed by atoms with van der Waals surface area (Å²) >= 11 is 1.20. The number of furan rings is 1. The molecule has 24 heavy (non-hydrogen) atoms. The molecule has 3 rings (SSSR count). The highest BCUT2D eigenvalue weighted by Crippen LogP contribution is 2.33. The van der Waals surface area contributed by atoms with Crippen LogP contribution >= 0.6 is 11.8 Å².